The van der Waals surface area contributed by atoms with Crippen LogP contribution in [0.4, 0.5) is 0 Å². The predicted molar refractivity (Wildman–Crippen MR) is 445 cm³/mol. The van der Waals surface area contributed by atoms with Gasteiger partial charge in [0, 0.05) is 19.3 Å². The fourth-order valence-corrected chi connectivity index (χ4v) is 12.8. The molecular weight excluding hydrogens is 1390 g/mol. The van der Waals surface area contributed by atoms with E-state index in [1.54, 1.807) is 0 Å². The normalized spacial score (nSPS) is 14.6. The fourth-order valence-electron chi connectivity index (χ4n) is 11.2. The Balaban J connectivity index is 4.49. The van der Waals surface area contributed by atoms with E-state index in [0.29, 0.717) is 19.3 Å². The third kappa shape index (κ3) is 82.2. The molecule has 5 unspecified atom stereocenters. The van der Waals surface area contributed by atoms with Crippen LogP contribution in [0.1, 0.15) is 342 Å². The number of aliphatic hydroxyl groups excluding tert-OH is 2. The molecule has 0 heterocycles. The summed E-state index contributed by atoms with van der Waals surface area (Å²) in [7, 11) is -9.80. The molecule has 4 N–H and O–H groups in total. The molecule has 0 amide bonds. The van der Waals surface area contributed by atoms with E-state index in [-0.39, 0.29) is 19.3 Å². The van der Waals surface area contributed by atoms with Crippen molar-refractivity contribution in [3.05, 3.63) is 146 Å². The zero-order chi connectivity index (χ0) is 78.0. The highest BCUT2D eigenvalue weighted by Gasteiger charge is 2.29. The average Bonchev–Trinajstić information content (AvgIpc) is 0.908. The number of rotatable bonds is 79. The van der Waals surface area contributed by atoms with Gasteiger partial charge in [-0.25, -0.2) is 9.13 Å². The standard InChI is InChI=1S/C89H152O16P2/c1-4-7-10-13-16-19-22-25-28-30-32-34-36-37-38-39-40-41-42-43-44-45-47-49-50-52-55-57-60-63-66-69-72-75-87(92)99-78-84(90)79-101-106(95,96)102-80-85(91)81-103-107(97,98)104-83-86(105-89(94)77-74-71-68-65-62-59-54-27-24-21-18-15-12-9-6-3)82-100-88(93)76-73-70-67-64-61-58-56-53-51-48-46-35-33-31-29-26-23-20-17-14-11-8-5-2/h7-8,10-11,16-17,19-20,25-29,32-35,37-38,40-41,48,51,54,84-86,90-91H,4-6,9,12-15,18,21-24,30-31,36,39,42-47,49-50,52-53,55-83H2,1-3H3,(H,95,96)(H,97,98)/b10-7-,11-8-,19-16-,20-17-,28-25-,29-26-,34-32-,35-33-,38-37-,41-40-,51-48-,54-27-. The van der Waals surface area contributed by atoms with Crippen molar-refractivity contribution in [1.29, 1.82) is 0 Å². The van der Waals surface area contributed by atoms with Crippen molar-refractivity contribution in [3.8, 4) is 0 Å². The first-order valence-corrected chi connectivity index (χ1v) is 45.1. The largest absolute Gasteiger partial charge is 0.472 e. The average molecular weight is 1540 g/mol. The molecule has 16 nitrogen and oxygen atoms in total. The first kappa shape index (κ1) is 102. The minimum atomic E-state index is -4.94. The number of hydrogen-bond acceptors (Lipinski definition) is 14. The van der Waals surface area contributed by atoms with E-state index in [0.717, 1.165) is 180 Å². The number of ether oxygens (including phenoxy) is 3. The zero-order valence-corrected chi connectivity index (χ0v) is 69.1. The lowest BCUT2D eigenvalue weighted by atomic mass is 10.0. The Morgan fingerprint density at radius 1 is 0.271 bits per heavy atom. The highest BCUT2D eigenvalue weighted by Crippen LogP contribution is 2.45. The molecule has 0 aliphatic rings. The molecule has 107 heavy (non-hydrogen) atoms. The highest BCUT2D eigenvalue weighted by molar-refractivity contribution is 7.47. The number of allylic oxidation sites excluding steroid dienone is 24. The lowest BCUT2D eigenvalue weighted by Gasteiger charge is -2.21. The van der Waals surface area contributed by atoms with Crippen molar-refractivity contribution in [2.75, 3.05) is 39.6 Å². The summed E-state index contributed by atoms with van der Waals surface area (Å²) in [6.45, 7) is 2.45. The van der Waals surface area contributed by atoms with Gasteiger partial charge in [-0.1, -0.05) is 327 Å². The van der Waals surface area contributed by atoms with Crippen LogP contribution in [0.25, 0.3) is 0 Å². The van der Waals surface area contributed by atoms with E-state index in [1.165, 1.54) is 103 Å². The number of carbonyl (C=O) groups excluding carboxylic acids is 3. The number of unbranched alkanes of at least 4 members (excludes halogenated alkanes) is 32. The van der Waals surface area contributed by atoms with Crippen molar-refractivity contribution in [1.82, 2.24) is 0 Å². The molecule has 0 aromatic rings. The molecule has 0 aliphatic heterocycles. The van der Waals surface area contributed by atoms with Crippen LogP contribution in [0, 0.1) is 0 Å². The topological polar surface area (TPSA) is 231 Å². The molecule has 0 fully saturated rings. The number of carbonyl (C=O) groups is 3. The fraction of sp³-hybridized carbons (Fsp3) is 0.697. The monoisotopic (exact) mass is 1540 g/mol. The van der Waals surface area contributed by atoms with Gasteiger partial charge >= 0.3 is 33.6 Å². The van der Waals surface area contributed by atoms with Gasteiger partial charge in [0.05, 0.1) is 26.4 Å². The lowest BCUT2D eigenvalue weighted by Crippen LogP contribution is -2.30. The second-order valence-electron chi connectivity index (χ2n) is 27.9. The summed E-state index contributed by atoms with van der Waals surface area (Å²) in [4.78, 5) is 58.7. The van der Waals surface area contributed by atoms with Crippen LogP contribution in [0.2, 0.25) is 0 Å². The van der Waals surface area contributed by atoms with E-state index in [4.69, 9.17) is 32.3 Å². The van der Waals surface area contributed by atoms with Crippen LogP contribution in [0.5, 0.6) is 0 Å². The molecule has 0 bridgehead atoms. The van der Waals surface area contributed by atoms with Crippen molar-refractivity contribution < 1.29 is 75.8 Å². The van der Waals surface area contributed by atoms with Gasteiger partial charge in [0.1, 0.15) is 25.4 Å². The van der Waals surface area contributed by atoms with Crippen LogP contribution >= 0.6 is 15.6 Å². The van der Waals surface area contributed by atoms with Crippen LogP contribution in [0.3, 0.4) is 0 Å². The van der Waals surface area contributed by atoms with Crippen LogP contribution in [-0.4, -0.2) is 95.9 Å². The number of esters is 3. The van der Waals surface area contributed by atoms with Gasteiger partial charge in [0.2, 0.25) is 0 Å². The quantitative estimate of drug-likeness (QED) is 0.0146. The van der Waals surface area contributed by atoms with E-state index in [1.807, 2.05) is 0 Å². The third-order valence-corrected chi connectivity index (χ3v) is 19.4. The van der Waals surface area contributed by atoms with Crippen molar-refractivity contribution in [2.24, 2.45) is 0 Å². The highest BCUT2D eigenvalue weighted by atomic mass is 31.2. The maximum Gasteiger partial charge on any atom is 0.472 e. The maximum atomic E-state index is 13.0. The predicted octanol–water partition coefficient (Wildman–Crippen LogP) is 25.2. The van der Waals surface area contributed by atoms with Gasteiger partial charge in [-0.2, -0.15) is 0 Å². The summed E-state index contributed by atoms with van der Waals surface area (Å²) in [5.74, 6) is -1.59. The van der Waals surface area contributed by atoms with Crippen molar-refractivity contribution in [3.63, 3.8) is 0 Å². The number of phosphoric acid groups is 2. The second-order valence-corrected chi connectivity index (χ2v) is 30.8. The van der Waals surface area contributed by atoms with Gasteiger partial charge in [0.15, 0.2) is 6.10 Å². The smallest absolute Gasteiger partial charge is 0.463 e. The summed E-state index contributed by atoms with van der Waals surface area (Å²) < 4.78 is 61.2. The van der Waals surface area contributed by atoms with Crippen molar-refractivity contribution in [2.45, 2.75) is 360 Å². The van der Waals surface area contributed by atoms with Crippen LogP contribution in [0.15, 0.2) is 146 Å². The first-order chi connectivity index (χ1) is 52.2. The number of hydrogen-bond donors (Lipinski definition) is 4. The van der Waals surface area contributed by atoms with E-state index >= 15 is 0 Å². The van der Waals surface area contributed by atoms with E-state index in [2.05, 4.69) is 167 Å². The van der Waals surface area contributed by atoms with Crippen LogP contribution < -0.4 is 0 Å². The molecule has 5 atom stereocenters. The Hall–Kier alpha value is -4.57. The summed E-state index contributed by atoms with van der Waals surface area (Å²) in [6.07, 6.45) is 100. The maximum absolute atomic E-state index is 13.0. The second kappa shape index (κ2) is 80.9. The summed E-state index contributed by atoms with van der Waals surface area (Å²) in [5, 5.41) is 20.7. The van der Waals surface area contributed by atoms with Gasteiger partial charge in [0.25, 0.3) is 0 Å². The Labute approximate surface area is 651 Å². The molecular formula is C89H152O16P2. The minimum Gasteiger partial charge on any atom is -0.463 e. The molecule has 0 aliphatic carbocycles. The lowest BCUT2D eigenvalue weighted by molar-refractivity contribution is -0.161. The van der Waals surface area contributed by atoms with Crippen molar-refractivity contribution >= 4 is 33.6 Å². The molecule has 0 radical (unpaired) electrons. The minimum absolute atomic E-state index is 0.0902. The van der Waals surface area contributed by atoms with Gasteiger partial charge < -0.3 is 34.2 Å². The number of aliphatic hydroxyl groups is 2. The Morgan fingerprint density at radius 3 is 0.794 bits per heavy atom. The van der Waals surface area contributed by atoms with Crippen LogP contribution in [-0.2, 0) is 55.8 Å². The Morgan fingerprint density at radius 2 is 0.495 bits per heavy atom. The molecule has 0 saturated carbocycles. The Kier molecular flexibility index (Phi) is 77.5. The van der Waals surface area contributed by atoms with Gasteiger partial charge in [-0.3, -0.25) is 32.5 Å². The molecule has 0 rings (SSSR count). The molecule has 0 aromatic carbocycles. The molecule has 18 heteroatoms. The van der Waals surface area contributed by atoms with Gasteiger partial charge in [-0.15, -0.1) is 0 Å². The zero-order valence-electron chi connectivity index (χ0n) is 67.3. The molecule has 0 spiro atoms. The summed E-state index contributed by atoms with van der Waals surface area (Å²) >= 11 is 0. The third-order valence-electron chi connectivity index (χ3n) is 17.5. The molecule has 0 saturated heterocycles. The summed E-state index contributed by atoms with van der Waals surface area (Å²) in [5.41, 5.74) is 0. The van der Waals surface area contributed by atoms with E-state index in [9.17, 15) is 43.5 Å². The Bertz CT molecular complexity index is 2530. The first-order valence-electron chi connectivity index (χ1n) is 42.1. The molecule has 614 valence electrons. The SMILES string of the molecule is CC/C=C\C/C=C\C/C=C\C/C=C\C/C=C\C/C=C\CCCCCCCCCCCCCCCCC(=O)OCC(O)COP(=O)(O)OCC(O)COP(=O)(O)OCC(COC(=O)CCCCCCCCC/C=C\C/C=C\C/C=C\C/C=C\C/C=C\CC)OC(=O)CCCCCCC/C=C\CCCCCCCC. The van der Waals surface area contributed by atoms with Gasteiger partial charge in [-0.05, 0) is 141 Å². The molecule has 0 aromatic heterocycles. The summed E-state index contributed by atoms with van der Waals surface area (Å²) in [6, 6.07) is 0. The number of phosphoric ester groups is 2. The van der Waals surface area contributed by atoms with E-state index < -0.39 is 91.5 Å².